The highest BCUT2D eigenvalue weighted by molar-refractivity contribution is 5.80. The number of carbonyl (C=O) groups excluding carboxylic acids is 1. The molecule has 4 heteroatoms. The van der Waals surface area contributed by atoms with Crippen molar-refractivity contribution in [2.75, 3.05) is 13.7 Å². The van der Waals surface area contributed by atoms with Crippen molar-refractivity contribution in [3.63, 3.8) is 0 Å². The lowest BCUT2D eigenvalue weighted by Gasteiger charge is -2.19. The standard InChI is InChI=1S/C17H26FNO2/c1-12(2)14(8-9-19)5-6-15(20)10-13-4-7-17(21-3)16(18)11-13/h4,7,11-12,14H,5-6,8-10,19H2,1-3H3. The fourth-order valence-electron chi connectivity index (χ4n) is 2.51. The third-order valence-corrected chi connectivity index (χ3v) is 3.89. The summed E-state index contributed by atoms with van der Waals surface area (Å²) in [6.07, 6.45) is 2.60. The van der Waals surface area contributed by atoms with E-state index in [1.54, 1.807) is 12.1 Å². The van der Waals surface area contributed by atoms with Gasteiger partial charge in [-0.1, -0.05) is 19.9 Å². The molecule has 1 aromatic carbocycles. The summed E-state index contributed by atoms with van der Waals surface area (Å²) < 4.78 is 18.4. The highest BCUT2D eigenvalue weighted by Gasteiger charge is 2.15. The molecule has 0 heterocycles. The summed E-state index contributed by atoms with van der Waals surface area (Å²) in [5.41, 5.74) is 6.30. The van der Waals surface area contributed by atoms with E-state index in [4.69, 9.17) is 10.5 Å². The molecule has 0 radical (unpaired) electrons. The van der Waals surface area contributed by atoms with Crippen LogP contribution in [0.25, 0.3) is 0 Å². The highest BCUT2D eigenvalue weighted by Crippen LogP contribution is 2.22. The molecule has 1 atom stereocenters. The molecule has 0 aliphatic rings. The summed E-state index contributed by atoms with van der Waals surface area (Å²) in [5, 5.41) is 0. The minimum atomic E-state index is -0.425. The van der Waals surface area contributed by atoms with E-state index < -0.39 is 5.82 Å². The molecule has 2 N–H and O–H groups in total. The second-order valence-electron chi connectivity index (χ2n) is 5.80. The van der Waals surface area contributed by atoms with Gasteiger partial charge in [-0.05, 0) is 48.9 Å². The van der Waals surface area contributed by atoms with Crippen molar-refractivity contribution >= 4 is 5.78 Å². The summed E-state index contributed by atoms with van der Waals surface area (Å²) >= 11 is 0. The highest BCUT2D eigenvalue weighted by atomic mass is 19.1. The van der Waals surface area contributed by atoms with Crippen LogP contribution >= 0.6 is 0 Å². The molecule has 1 unspecified atom stereocenters. The van der Waals surface area contributed by atoms with E-state index in [0.717, 1.165) is 12.8 Å². The molecule has 0 saturated carbocycles. The number of hydrogen-bond donors (Lipinski definition) is 1. The summed E-state index contributed by atoms with van der Waals surface area (Å²) in [6.45, 7) is 4.97. The van der Waals surface area contributed by atoms with Crippen LogP contribution < -0.4 is 10.5 Å². The topological polar surface area (TPSA) is 52.3 Å². The summed E-state index contributed by atoms with van der Waals surface area (Å²) in [4.78, 5) is 12.0. The van der Waals surface area contributed by atoms with Gasteiger partial charge in [-0.15, -0.1) is 0 Å². The molecule has 0 fully saturated rings. The summed E-state index contributed by atoms with van der Waals surface area (Å²) in [7, 11) is 1.42. The van der Waals surface area contributed by atoms with E-state index in [2.05, 4.69) is 13.8 Å². The third-order valence-electron chi connectivity index (χ3n) is 3.89. The maximum absolute atomic E-state index is 13.6. The zero-order valence-corrected chi connectivity index (χ0v) is 13.2. The van der Waals surface area contributed by atoms with Gasteiger partial charge in [-0.3, -0.25) is 4.79 Å². The molecule has 0 bridgehead atoms. The van der Waals surface area contributed by atoms with E-state index in [0.29, 0.717) is 30.4 Å². The van der Waals surface area contributed by atoms with Gasteiger partial charge in [0.2, 0.25) is 0 Å². The van der Waals surface area contributed by atoms with Crippen molar-refractivity contribution in [1.82, 2.24) is 0 Å². The smallest absolute Gasteiger partial charge is 0.165 e. The second-order valence-corrected chi connectivity index (χ2v) is 5.80. The zero-order valence-electron chi connectivity index (χ0n) is 13.2. The van der Waals surface area contributed by atoms with E-state index in [-0.39, 0.29) is 18.0 Å². The molecule has 0 amide bonds. The first-order valence-corrected chi connectivity index (χ1v) is 7.52. The van der Waals surface area contributed by atoms with Gasteiger partial charge < -0.3 is 10.5 Å². The molecular weight excluding hydrogens is 269 g/mol. The molecular formula is C17H26FNO2. The van der Waals surface area contributed by atoms with Gasteiger partial charge in [0.05, 0.1) is 7.11 Å². The van der Waals surface area contributed by atoms with Crippen LogP contribution in [0.1, 0.15) is 38.7 Å². The number of Topliss-reactive ketones (excluding diaryl/α,β-unsaturated/α-hetero) is 1. The first-order valence-electron chi connectivity index (χ1n) is 7.52. The summed E-state index contributed by atoms with van der Waals surface area (Å²) in [6, 6.07) is 4.67. The molecule has 0 spiro atoms. The van der Waals surface area contributed by atoms with Crippen LogP contribution in [0, 0.1) is 17.7 Å². The van der Waals surface area contributed by atoms with Crippen LogP contribution in [0.2, 0.25) is 0 Å². The number of halogens is 1. The van der Waals surface area contributed by atoms with Crippen LogP contribution in [0.4, 0.5) is 4.39 Å². The fourth-order valence-corrected chi connectivity index (χ4v) is 2.51. The molecule has 3 nitrogen and oxygen atoms in total. The normalized spacial score (nSPS) is 12.5. The maximum atomic E-state index is 13.6. The molecule has 0 saturated heterocycles. The Balaban J connectivity index is 2.51. The molecule has 21 heavy (non-hydrogen) atoms. The van der Waals surface area contributed by atoms with E-state index >= 15 is 0 Å². The number of benzene rings is 1. The lowest BCUT2D eigenvalue weighted by molar-refractivity contribution is -0.118. The summed E-state index contributed by atoms with van der Waals surface area (Å²) in [5.74, 6) is 0.925. The minimum Gasteiger partial charge on any atom is -0.494 e. The number of rotatable bonds is 9. The van der Waals surface area contributed by atoms with Crippen LogP contribution in [-0.2, 0) is 11.2 Å². The Hall–Kier alpha value is -1.42. The van der Waals surface area contributed by atoms with Gasteiger partial charge in [0.1, 0.15) is 5.78 Å². The van der Waals surface area contributed by atoms with Crippen LogP contribution in [0.15, 0.2) is 18.2 Å². The second kappa shape index (κ2) is 8.78. The largest absolute Gasteiger partial charge is 0.494 e. The number of ketones is 1. The van der Waals surface area contributed by atoms with E-state index in [1.807, 2.05) is 0 Å². The first kappa shape index (κ1) is 17.6. The van der Waals surface area contributed by atoms with Crippen LogP contribution in [-0.4, -0.2) is 19.4 Å². The average molecular weight is 295 g/mol. The first-order chi connectivity index (χ1) is 9.97. The number of nitrogens with two attached hydrogens (primary N) is 1. The Morgan fingerprint density at radius 2 is 2.05 bits per heavy atom. The van der Waals surface area contributed by atoms with Crippen LogP contribution in [0.3, 0.4) is 0 Å². The number of carbonyl (C=O) groups is 1. The van der Waals surface area contributed by atoms with Crippen molar-refractivity contribution in [2.24, 2.45) is 17.6 Å². The SMILES string of the molecule is COc1ccc(CC(=O)CCC(CCN)C(C)C)cc1F. The predicted octanol–water partition coefficient (Wildman–Crippen LogP) is 3.35. The van der Waals surface area contributed by atoms with Gasteiger partial charge in [-0.25, -0.2) is 4.39 Å². The van der Waals surface area contributed by atoms with Gasteiger partial charge in [0, 0.05) is 12.8 Å². The number of hydrogen-bond acceptors (Lipinski definition) is 3. The lowest BCUT2D eigenvalue weighted by Crippen LogP contribution is -2.16. The Morgan fingerprint density at radius 3 is 2.57 bits per heavy atom. The van der Waals surface area contributed by atoms with E-state index in [9.17, 15) is 9.18 Å². The van der Waals surface area contributed by atoms with Crippen molar-refractivity contribution in [3.05, 3.63) is 29.6 Å². The molecule has 0 aromatic heterocycles. The van der Waals surface area contributed by atoms with Gasteiger partial charge in [0.25, 0.3) is 0 Å². The van der Waals surface area contributed by atoms with Gasteiger partial charge in [0.15, 0.2) is 11.6 Å². The quantitative estimate of drug-likeness (QED) is 0.760. The zero-order chi connectivity index (χ0) is 15.8. The molecule has 1 rings (SSSR count). The number of ether oxygens (including phenoxy) is 1. The fraction of sp³-hybridized carbons (Fsp3) is 0.588. The maximum Gasteiger partial charge on any atom is 0.165 e. The van der Waals surface area contributed by atoms with Crippen LogP contribution in [0.5, 0.6) is 5.75 Å². The van der Waals surface area contributed by atoms with Crippen molar-refractivity contribution in [3.8, 4) is 5.75 Å². The van der Waals surface area contributed by atoms with E-state index in [1.165, 1.54) is 13.2 Å². The predicted molar refractivity (Wildman–Crippen MR) is 82.9 cm³/mol. The van der Waals surface area contributed by atoms with Gasteiger partial charge >= 0.3 is 0 Å². The Morgan fingerprint density at radius 1 is 1.33 bits per heavy atom. The van der Waals surface area contributed by atoms with Crippen molar-refractivity contribution < 1.29 is 13.9 Å². The lowest BCUT2D eigenvalue weighted by atomic mass is 9.87. The number of methoxy groups -OCH3 is 1. The van der Waals surface area contributed by atoms with Gasteiger partial charge in [-0.2, -0.15) is 0 Å². The Bertz CT molecular complexity index is 460. The average Bonchev–Trinajstić information content (AvgIpc) is 2.43. The molecule has 118 valence electrons. The molecule has 0 aliphatic heterocycles. The molecule has 0 aliphatic carbocycles. The monoisotopic (exact) mass is 295 g/mol. The third kappa shape index (κ3) is 5.84. The van der Waals surface area contributed by atoms with Crippen molar-refractivity contribution in [2.45, 2.75) is 39.5 Å². The van der Waals surface area contributed by atoms with Crippen molar-refractivity contribution in [1.29, 1.82) is 0 Å². The minimum absolute atomic E-state index is 0.141. The Labute approximate surface area is 126 Å². The molecule has 1 aromatic rings. The Kier molecular flexibility index (Phi) is 7.37.